The van der Waals surface area contributed by atoms with Gasteiger partial charge in [0.2, 0.25) is 0 Å². The average molecular weight is 280 g/mol. The lowest BCUT2D eigenvalue weighted by atomic mass is 10.2. The average Bonchev–Trinajstić information content (AvgIpc) is 2.57. The van der Waals surface area contributed by atoms with E-state index in [4.69, 9.17) is 4.74 Å². The predicted octanol–water partition coefficient (Wildman–Crippen LogP) is 1.33. The summed E-state index contributed by atoms with van der Waals surface area (Å²) in [6.07, 6.45) is -7.78. The molecule has 1 N–H and O–H groups in total. The highest BCUT2D eigenvalue weighted by Crippen LogP contribution is 2.32. The summed E-state index contributed by atoms with van der Waals surface area (Å²) in [5.41, 5.74) is -4.21. The van der Waals surface area contributed by atoms with Gasteiger partial charge in [0.25, 0.3) is 5.56 Å². The highest BCUT2D eigenvalue weighted by atomic mass is 19.4. The summed E-state index contributed by atoms with van der Waals surface area (Å²) in [5.74, 6) is -0.267. The third-order valence-corrected chi connectivity index (χ3v) is 2.63. The fraction of sp³-hybridized carbons (Fsp3) is 0.400. The number of H-pyrrole nitrogens is 1. The summed E-state index contributed by atoms with van der Waals surface area (Å²) in [5, 5.41) is 0. The van der Waals surface area contributed by atoms with Crippen molar-refractivity contribution in [3.05, 3.63) is 44.9 Å². The molecule has 1 aromatic heterocycles. The fourth-order valence-corrected chi connectivity index (χ4v) is 1.68. The van der Waals surface area contributed by atoms with E-state index >= 15 is 0 Å². The molecule has 2 heterocycles. The lowest BCUT2D eigenvalue weighted by Crippen LogP contribution is -2.36. The number of ether oxygens (including phenoxy) is 1. The van der Waals surface area contributed by atoms with Gasteiger partial charge in [0, 0.05) is 12.6 Å². The molecule has 1 fully saturated rings. The monoisotopic (exact) mass is 280 g/mol. The van der Waals surface area contributed by atoms with E-state index in [0.29, 0.717) is 10.8 Å². The summed E-state index contributed by atoms with van der Waals surface area (Å²) in [4.78, 5) is 24.0. The van der Waals surface area contributed by atoms with E-state index in [1.807, 2.05) is 0 Å². The van der Waals surface area contributed by atoms with Gasteiger partial charge in [-0.05, 0) is 0 Å². The molecule has 9 heteroatoms. The molecular weight excluding hydrogens is 272 g/mol. The van der Waals surface area contributed by atoms with Gasteiger partial charge in [0.15, 0.2) is 12.4 Å². The Bertz CT molecular complexity index is 631. The first-order valence-corrected chi connectivity index (χ1v) is 5.12. The van der Waals surface area contributed by atoms with Crippen LogP contribution in [0.15, 0.2) is 28.1 Å². The number of alkyl halides is 4. The van der Waals surface area contributed by atoms with Crippen LogP contribution in [0.2, 0.25) is 0 Å². The second-order valence-corrected chi connectivity index (χ2v) is 3.95. The number of halogens is 4. The van der Waals surface area contributed by atoms with E-state index in [0.717, 1.165) is 0 Å². The first-order chi connectivity index (χ1) is 8.70. The SMILES string of the molecule is C=C1O[C@@H](n2cc(C(F)(F)F)c(=O)[nH]c2=O)C[C@@H]1F. The fourth-order valence-electron chi connectivity index (χ4n) is 1.68. The Labute approximate surface area is 103 Å². The normalized spacial score (nSPS) is 23.5. The van der Waals surface area contributed by atoms with Gasteiger partial charge in [-0.3, -0.25) is 14.3 Å². The molecule has 0 amide bonds. The molecule has 0 unspecified atom stereocenters. The zero-order valence-corrected chi connectivity index (χ0v) is 9.33. The van der Waals surface area contributed by atoms with Crippen molar-refractivity contribution in [2.45, 2.75) is 25.0 Å². The second kappa shape index (κ2) is 4.25. The van der Waals surface area contributed by atoms with Crippen LogP contribution in [0.25, 0.3) is 0 Å². The van der Waals surface area contributed by atoms with Gasteiger partial charge in [0.05, 0.1) is 0 Å². The molecule has 2 atom stereocenters. The van der Waals surface area contributed by atoms with E-state index in [1.54, 1.807) is 0 Å². The van der Waals surface area contributed by atoms with Crippen molar-refractivity contribution in [1.29, 1.82) is 0 Å². The van der Waals surface area contributed by atoms with Crippen molar-refractivity contribution >= 4 is 0 Å². The smallest absolute Gasteiger partial charge is 0.423 e. The van der Waals surface area contributed by atoms with E-state index in [-0.39, 0.29) is 12.2 Å². The molecular formula is C10H8F4N2O3. The minimum atomic E-state index is -4.92. The molecule has 1 saturated heterocycles. The second-order valence-electron chi connectivity index (χ2n) is 3.95. The van der Waals surface area contributed by atoms with Crippen LogP contribution in [0, 0.1) is 0 Å². The number of nitrogens with zero attached hydrogens (tertiary/aromatic N) is 1. The Morgan fingerprint density at radius 2 is 2.05 bits per heavy atom. The van der Waals surface area contributed by atoms with E-state index in [2.05, 4.69) is 6.58 Å². The Morgan fingerprint density at radius 3 is 2.53 bits per heavy atom. The Hall–Kier alpha value is -2.06. The first kappa shape index (κ1) is 13.4. The Morgan fingerprint density at radius 1 is 1.42 bits per heavy atom. The zero-order chi connectivity index (χ0) is 14.4. The van der Waals surface area contributed by atoms with Crippen LogP contribution in [-0.2, 0) is 10.9 Å². The zero-order valence-electron chi connectivity index (χ0n) is 9.33. The number of aromatic amines is 1. The third-order valence-electron chi connectivity index (χ3n) is 2.63. The lowest BCUT2D eigenvalue weighted by Gasteiger charge is -2.14. The molecule has 0 spiro atoms. The number of nitrogens with one attached hydrogen (secondary N) is 1. The van der Waals surface area contributed by atoms with E-state index < -0.39 is 35.4 Å². The first-order valence-electron chi connectivity index (χ1n) is 5.12. The topological polar surface area (TPSA) is 64.1 Å². The van der Waals surface area contributed by atoms with Crippen LogP contribution in [0.4, 0.5) is 17.6 Å². The Balaban J connectivity index is 2.51. The minimum Gasteiger partial charge on any atom is -0.472 e. The number of hydrogen-bond donors (Lipinski definition) is 1. The quantitative estimate of drug-likeness (QED) is 0.789. The summed E-state index contributed by atoms with van der Waals surface area (Å²) in [6, 6.07) is 0. The predicted molar refractivity (Wildman–Crippen MR) is 55.1 cm³/mol. The van der Waals surface area contributed by atoms with Gasteiger partial charge < -0.3 is 4.74 Å². The van der Waals surface area contributed by atoms with Gasteiger partial charge in [-0.15, -0.1) is 0 Å². The molecule has 0 aliphatic carbocycles. The minimum absolute atomic E-state index is 0.267. The van der Waals surface area contributed by atoms with Crippen molar-refractivity contribution in [3.63, 3.8) is 0 Å². The van der Waals surface area contributed by atoms with Crippen LogP contribution in [-0.4, -0.2) is 15.7 Å². The molecule has 1 aromatic rings. The highest BCUT2D eigenvalue weighted by Gasteiger charge is 2.37. The van der Waals surface area contributed by atoms with Crippen molar-refractivity contribution in [2.24, 2.45) is 0 Å². The molecule has 0 aromatic carbocycles. The van der Waals surface area contributed by atoms with Crippen LogP contribution >= 0.6 is 0 Å². The van der Waals surface area contributed by atoms with Gasteiger partial charge in [-0.2, -0.15) is 13.2 Å². The molecule has 1 aliphatic rings. The van der Waals surface area contributed by atoms with Gasteiger partial charge in [-0.25, -0.2) is 9.18 Å². The van der Waals surface area contributed by atoms with Crippen molar-refractivity contribution < 1.29 is 22.3 Å². The number of rotatable bonds is 1. The van der Waals surface area contributed by atoms with Crippen LogP contribution in [0.5, 0.6) is 0 Å². The van der Waals surface area contributed by atoms with Crippen molar-refractivity contribution in [2.75, 3.05) is 0 Å². The third kappa shape index (κ3) is 2.40. The largest absolute Gasteiger partial charge is 0.472 e. The number of aromatic nitrogens is 2. The summed E-state index contributed by atoms with van der Waals surface area (Å²) >= 11 is 0. The standard InChI is InChI=1S/C10H8F4N2O3/c1-4-6(11)2-7(19-4)16-3-5(10(12,13)14)8(17)15-9(16)18/h3,6-7H,1-2H2,(H,15,17,18)/t6-,7+/m0/s1. The molecule has 104 valence electrons. The Kier molecular flexibility index (Phi) is 2.99. The summed E-state index contributed by atoms with van der Waals surface area (Å²) in [6.45, 7) is 3.22. The molecule has 5 nitrogen and oxygen atoms in total. The van der Waals surface area contributed by atoms with E-state index in [1.165, 1.54) is 4.98 Å². The highest BCUT2D eigenvalue weighted by molar-refractivity contribution is 5.10. The maximum atomic E-state index is 13.2. The molecule has 1 aliphatic heterocycles. The van der Waals surface area contributed by atoms with Crippen LogP contribution in [0.1, 0.15) is 18.2 Å². The molecule has 0 saturated carbocycles. The maximum Gasteiger partial charge on any atom is 0.423 e. The molecule has 0 radical (unpaired) electrons. The van der Waals surface area contributed by atoms with Crippen molar-refractivity contribution in [1.82, 2.24) is 9.55 Å². The van der Waals surface area contributed by atoms with Crippen LogP contribution in [0.3, 0.4) is 0 Å². The molecule has 2 rings (SSSR count). The maximum absolute atomic E-state index is 13.2. The number of hydrogen-bond acceptors (Lipinski definition) is 3. The van der Waals surface area contributed by atoms with Crippen molar-refractivity contribution in [3.8, 4) is 0 Å². The van der Waals surface area contributed by atoms with Crippen LogP contribution < -0.4 is 11.2 Å². The van der Waals surface area contributed by atoms with Gasteiger partial charge in [0.1, 0.15) is 11.3 Å². The summed E-state index contributed by atoms with van der Waals surface area (Å²) < 4.78 is 56.1. The molecule has 19 heavy (non-hydrogen) atoms. The number of allylic oxidation sites excluding steroid dienone is 1. The van der Waals surface area contributed by atoms with Gasteiger partial charge in [-0.1, -0.05) is 6.58 Å². The molecule has 0 bridgehead atoms. The van der Waals surface area contributed by atoms with E-state index in [9.17, 15) is 27.2 Å². The lowest BCUT2D eigenvalue weighted by molar-refractivity contribution is -0.139. The summed E-state index contributed by atoms with van der Waals surface area (Å²) in [7, 11) is 0. The van der Waals surface area contributed by atoms with Gasteiger partial charge >= 0.3 is 11.9 Å².